The number of rotatable bonds is 5. The predicted octanol–water partition coefficient (Wildman–Crippen LogP) is 3.60. The number of aromatic nitrogens is 2. The van der Waals surface area contributed by atoms with Crippen molar-refractivity contribution in [1.29, 1.82) is 0 Å². The van der Waals surface area contributed by atoms with E-state index in [0.717, 1.165) is 29.5 Å². The summed E-state index contributed by atoms with van der Waals surface area (Å²) in [4.78, 5) is 8.65. The fraction of sp³-hybridized carbons (Fsp3) is 0.733. The summed E-state index contributed by atoms with van der Waals surface area (Å²) in [5, 5.41) is 6.77. The number of nitrogens with zero attached hydrogens (tertiary/aromatic N) is 2. The van der Waals surface area contributed by atoms with E-state index in [1.54, 1.807) is 6.33 Å². The number of anilines is 2. The standard InChI is InChI=1S/C15H26N4/c1-4-13(12-8-6-5-7-9-12)19-15-11(2)14(16-3)17-10-18-15/h10,12-13H,4-9H2,1-3H3,(H2,16,17,18,19). The van der Waals surface area contributed by atoms with Gasteiger partial charge in [0.2, 0.25) is 0 Å². The van der Waals surface area contributed by atoms with Crippen molar-refractivity contribution in [2.45, 2.75) is 58.4 Å². The van der Waals surface area contributed by atoms with E-state index < -0.39 is 0 Å². The minimum Gasteiger partial charge on any atom is -0.373 e. The van der Waals surface area contributed by atoms with Crippen LogP contribution in [0.1, 0.15) is 51.0 Å². The molecule has 1 heterocycles. The van der Waals surface area contributed by atoms with Crippen LogP contribution < -0.4 is 10.6 Å². The summed E-state index contributed by atoms with van der Waals surface area (Å²) in [6.45, 7) is 4.34. The van der Waals surface area contributed by atoms with Crippen molar-refractivity contribution < 1.29 is 0 Å². The normalized spacial score (nSPS) is 18.1. The van der Waals surface area contributed by atoms with Crippen LogP contribution in [0.4, 0.5) is 11.6 Å². The fourth-order valence-corrected chi connectivity index (χ4v) is 3.11. The molecule has 4 nitrogen and oxygen atoms in total. The quantitative estimate of drug-likeness (QED) is 0.851. The summed E-state index contributed by atoms with van der Waals surface area (Å²) in [6.07, 6.45) is 9.67. The van der Waals surface area contributed by atoms with Crippen LogP contribution >= 0.6 is 0 Å². The second-order valence-corrected chi connectivity index (χ2v) is 5.50. The highest BCUT2D eigenvalue weighted by atomic mass is 15.1. The molecule has 0 radical (unpaired) electrons. The molecular formula is C15H26N4. The summed E-state index contributed by atoms with van der Waals surface area (Å²) in [7, 11) is 1.90. The van der Waals surface area contributed by atoms with Gasteiger partial charge in [0.15, 0.2) is 0 Å². The molecule has 1 aromatic rings. The van der Waals surface area contributed by atoms with Gasteiger partial charge in [0.25, 0.3) is 0 Å². The molecule has 1 fully saturated rings. The molecular weight excluding hydrogens is 236 g/mol. The van der Waals surface area contributed by atoms with Gasteiger partial charge in [0.1, 0.15) is 18.0 Å². The smallest absolute Gasteiger partial charge is 0.134 e. The lowest BCUT2D eigenvalue weighted by atomic mass is 9.83. The van der Waals surface area contributed by atoms with Gasteiger partial charge >= 0.3 is 0 Å². The van der Waals surface area contributed by atoms with Crippen molar-refractivity contribution in [3.05, 3.63) is 11.9 Å². The lowest BCUT2D eigenvalue weighted by Gasteiger charge is -2.31. The van der Waals surface area contributed by atoms with Crippen LogP contribution in [0.3, 0.4) is 0 Å². The van der Waals surface area contributed by atoms with E-state index >= 15 is 0 Å². The highest BCUT2D eigenvalue weighted by Gasteiger charge is 2.23. The molecule has 1 unspecified atom stereocenters. The first-order chi connectivity index (χ1) is 9.26. The molecule has 19 heavy (non-hydrogen) atoms. The van der Waals surface area contributed by atoms with Gasteiger partial charge in [-0.05, 0) is 32.1 Å². The first kappa shape index (κ1) is 14.1. The Bertz CT molecular complexity index is 399. The van der Waals surface area contributed by atoms with E-state index in [2.05, 4.69) is 34.4 Å². The van der Waals surface area contributed by atoms with Gasteiger partial charge in [0.05, 0.1) is 0 Å². The summed E-state index contributed by atoms with van der Waals surface area (Å²) < 4.78 is 0. The van der Waals surface area contributed by atoms with Gasteiger partial charge in [0, 0.05) is 18.7 Å². The minimum atomic E-state index is 0.540. The minimum absolute atomic E-state index is 0.540. The SMILES string of the molecule is CCC(Nc1ncnc(NC)c1C)C1CCCCC1. The van der Waals surface area contributed by atoms with Crippen LogP contribution in [-0.4, -0.2) is 23.1 Å². The van der Waals surface area contributed by atoms with Crippen molar-refractivity contribution in [1.82, 2.24) is 9.97 Å². The van der Waals surface area contributed by atoms with E-state index in [1.807, 2.05) is 7.05 Å². The Balaban J connectivity index is 2.09. The van der Waals surface area contributed by atoms with Gasteiger partial charge in [-0.25, -0.2) is 9.97 Å². The molecule has 106 valence electrons. The average molecular weight is 262 g/mol. The molecule has 0 bridgehead atoms. The highest BCUT2D eigenvalue weighted by molar-refractivity contribution is 5.56. The van der Waals surface area contributed by atoms with E-state index in [-0.39, 0.29) is 0 Å². The highest BCUT2D eigenvalue weighted by Crippen LogP contribution is 2.30. The molecule has 2 rings (SSSR count). The molecule has 1 aliphatic carbocycles. The molecule has 1 saturated carbocycles. The van der Waals surface area contributed by atoms with E-state index in [4.69, 9.17) is 0 Å². The van der Waals surface area contributed by atoms with Crippen LogP contribution in [-0.2, 0) is 0 Å². The maximum Gasteiger partial charge on any atom is 0.134 e. The monoisotopic (exact) mass is 262 g/mol. The molecule has 0 spiro atoms. The lowest BCUT2D eigenvalue weighted by Crippen LogP contribution is -2.30. The third-order valence-corrected chi connectivity index (χ3v) is 4.30. The Hall–Kier alpha value is -1.32. The Morgan fingerprint density at radius 1 is 1.21 bits per heavy atom. The molecule has 1 atom stereocenters. The first-order valence-corrected chi connectivity index (χ1v) is 7.52. The lowest BCUT2D eigenvalue weighted by molar-refractivity contribution is 0.312. The first-order valence-electron chi connectivity index (χ1n) is 7.52. The van der Waals surface area contributed by atoms with Crippen LogP contribution in [0.2, 0.25) is 0 Å². The Morgan fingerprint density at radius 2 is 1.89 bits per heavy atom. The maximum absolute atomic E-state index is 4.41. The molecule has 0 saturated heterocycles. The molecule has 1 aliphatic rings. The molecule has 0 aromatic carbocycles. The van der Waals surface area contributed by atoms with Crippen molar-refractivity contribution in [2.75, 3.05) is 17.7 Å². The second-order valence-electron chi connectivity index (χ2n) is 5.50. The van der Waals surface area contributed by atoms with Gasteiger partial charge in [-0.2, -0.15) is 0 Å². The van der Waals surface area contributed by atoms with Gasteiger partial charge in [-0.1, -0.05) is 26.2 Å². The zero-order valence-electron chi connectivity index (χ0n) is 12.4. The van der Waals surface area contributed by atoms with Crippen LogP contribution in [0.5, 0.6) is 0 Å². The van der Waals surface area contributed by atoms with E-state index in [0.29, 0.717) is 6.04 Å². The van der Waals surface area contributed by atoms with Crippen molar-refractivity contribution >= 4 is 11.6 Å². The predicted molar refractivity (Wildman–Crippen MR) is 80.6 cm³/mol. The third-order valence-electron chi connectivity index (χ3n) is 4.30. The van der Waals surface area contributed by atoms with Crippen LogP contribution in [0, 0.1) is 12.8 Å². The van der Waals surface area contributed by atoms with E-state index in [1.165, 1.54) is 32.1 Å². The summed E-state index contributed by atoms with van der Waals surface area (Å²) >= 11 is 0. The second kappa shape index (κ2) is 6.73. The number of hydrogen-bond donors (Lipinski definition) is 2. The molecule has 2 N–H and O–H groups in total. The Kier molecular flexibility index (Phi) is 5.00. The van der Waals surface area contributed by atoms with E-state index in [9.17, 15) is 0 Å². The van der Waals surface area contributed by atoms with Gasteiger partial charge in [-0.15, -0.1) is 0 Å². The summed E-state index contributed by atoms with van der Waals surface area (Å²) in [6, 6.07) is 0.540. The van der Waals surface area contributed by atoms with Crippen molar-refractivity contribution in [2.24, 2.45) is 5.92 Å². The molecule has 0 amide bonds. The number of hydrogen-bond acceptors (Lipinski definition) is 4. The molecule has 0 aliphatic heterocycles. The maximum atomic E-state index is 4.41. The summed E-state index contributed by atoms with van der Waals surface area (Å²) in [5.74, 6) is 2.69. The fourth-order valence-electron chi connectivity index (χ4n) is 3.11. The average Bonchev–Trinajstić information content (AvgIpc) is 2.47. The largest absolute Gasteiger partial charge is 0.373 e. The van der Waals surface area contributed by atoms with Crippen LogP contribution in [0.25, 0.3) is 0 Å². The zero-order valence-corrected chi connectivity index (χ0v) is 12.4. The molecule has 4 heteroatoms. The third kappa shape index (κ3) is 3.37. The number of nitrogens with one attached hydrogen (secondary N) is 2. The Labute approximate surface area is 116 Å². The topological polar surface area (TPSA) is 49.8 Å². The summed E-state index contributed by atoms with van der Waals surface area (Å²) in [5.41, 5.74) is 1.11. The molecule has 1 aromatic heterocycles. The Morgan fingerprint density at radius 3 is 2.53 bits per heavy atom. The van der Waals surface area contributed by atoms with Gasteiger partial charge in [-0.3, -0.25) is 0 Å². The van der Waals surface area contributed by atoms with Gasteiger partial charge < -0.3 is 10.6 Å². The van der Waals surface area contributed by atoms with Crippen molar-refractivity contribution in [3.8, 4) is 0 Å². The van der Waals surface area contributed by atoms with Crippen molar-refractivity contribution in [3.63, 3.8) is 0 Å². The zero-order chi connectivity index (χ0) is 13.7. The van der Waals surface area contributed by atoms with Crippen LogP contribution in [0.15, 0.2) is 6.33 Å².